The molecule has 2 bridgehead atoms. The van der Waals surface area contributed by atoms with E-state index in [4.69, 9.17) is 17.3 Å². The molecule has 3 N–H and O–H groups in total. The minimum Gasteiger partial charge on any atom is -0.377 e. The van der Waals surface area contributed by atoms with Gasteiger partial charge in [-0.25, -0.2) is 0 Å². The summed E-state index contributed by atoms with van der Waals surface area (Å²) in [5.41, 5.74) is 7.17. The molecule has 0 amide bonds. The lowest BCUT2D eigenvalue weighted by atomic mass is 9.80. The molecular weight excluding hydrogens is 232 g/mol. The van der Waals surface area contributed by atoms with E-state index in [1.54, 1.807) is 0 Å². The van der Waals surface area contributed by atoms with E-state index in [0.717, 1.165) is 22.5 Å². The van der Waals surface area contributed by atoms with Gasteiger partial charge in [0.1, 0.15) is 0 Å². The van der Waals surface area contributed by atoms with Crippen LogP contribution in [0.15, 0.2) is 24.3 Å². The number of hydrogen-bond acceptors (Lipinski definition) is 2. The number of halogens is 1. The molecule has 0 heterocycles. The average Bonchev–Trinajstić information content (AvgIpc) is 2.93. The lowest BCUT2D eigenvalue weighted by Crippen LogP contribution is -2.49. The molecule has 3 rings (SSSR count). The summed E-state index contributed by atoms with van der Waals surface area (Å²) in [6, 6.07) is 7.96. The van der Waals surface area contributed by atoms with Crippen LogP contribution < -0.4 is 11.1 Å². The smallest absolute Gasteiger partial charge is 0.0637 e. The summed E-state index contributed by atoms with van der Waals surface area (Å²) in [6.45, 7) is 0.708. The Morgan fingerprint density at radius 3 is 2.76 bits per heavy atom. The van der Waals surface area contributed by atoms with Crippen LogP contribution >= 0.6 is 11.6 Å². The number of nitrogens with two attached hydrogens (primary N) is 1. The third kappa shape index (κ3) is 1.84. The Morgan fingerprint density at radius 2 is 2.18 bits per heavy atom. The third-order valence-electron chi connectivity index (χ3n) is 4.60. The van der Waals surface area contributed by atoms with Crippen LogP contribution in [-0.4, -0.2) is 12.1 Å². The molecule has 92 valence electrons. The molecule has 17 heavy (non-hydrogen) atoms. The first-order chi connectivity index (χ1) is 8.23. The molecule has 2 aliphatic carbocycles. The Balaban J connectivity index is 1.86. The van der Waals surface area contributed by atoms with E-state index in [0.29, 0.717) is 6.54 Å². The Hall–Kier alpha value is -0.730. The van der Waals surface area contributed by atoms with Crippen molar-refractivity contribution in [2.24, 2.45) is 17.6 Å². The Labute approximate surface area is 108 Å². The van der Waals surface area contributed by atoms with Crippen LogP contribution in [-0.2, 0) is 0 Å². The SMILES string of the molecule is NCC1(Nc2ccccc2Cl)CC2CCC1C2. The molecule has 1 aromatic carbocycles. The van der Waals surface area contributed by atoms with Crippen molar-refractivity contribution in [3.63, 3.8) is 0 Å². The molecule has 3 heteroatoms. The van der Waals surface area contributed by atoms with Gasteiger partial charge in [-0.15, -0.1) is 0 Å². The van der Waals surface area contributed by atoms with Crippen molar-refractivity contribution in [2.45, 2.75) is 31.2 Å². The maximum atomic E-state index is 6.22. The van der Waals surface area contributed by atoms with E-state index in [-0.39, 0.29) is 5.54 Å². The number of benzene rings is 1. The van der Waals surface area contributed by atoms with Crippen LogP contribution in [0.1, 0.15) is 25.7 Å². The quantitative estimate of drug-likeness (QED) is 0.864. The second-order valence-corrected chi connectivity index (χ2v) is 5.95. The van der Waals surface area contributed by atoms with E-state index >= 15 is 0 Å². The van der Waals surface area contributed by atoms with Gasteiger partial charge in [0.2, 0.25) is 0 Å². The molecule has 2 saturated carbocycles. The molecule has 0 spiro atoms. The Kier molecular flexibility index (Phi) is 2.80. The van der Waals surface area contributed by atoms with Crippen molar-refractivity contribution in [2.75, 3.05) is 11.9 Å². The summed E-state index contributed by atoms with van der Waals surface area (Å²) < 4.78 is 0. The molecule has 2 nitrogen and oxygen atoms in total. The number of fused-ring (bicyclic) bond motifs is 2. The van der Waals surface area contributed by atoms with Gasteiger partial charge in [0.05, 0.1) is 16.2 Å². The van der Waals surface area contributed by atoms with E-state index in [9.17, 15) is 0 Å². The monoisotopic (exact) mass is 250 g/mol. The molecule has 2 fully saturated rings. The minimum atomic E-state index is 0.0912. The number of nitrogens with one attached hydrogen (secondary N) is 1. The van der Waals surface area contributed by atoms with Gasteiger partial charge in [-0.05, 0) is 49.7 Å². The van der Waals surface area contributed by atoms with Crippen LogP contribution in [0.25, 0.3) is 0 Å². The first-order valence-corrected chi connectivity index (χ1v) is 6.84. The zero-order chi connectivity index (χ0) is 11.9. The summed E-state index contributed by atoms with van der Waals surface area (Å²) in [6.07, 6.45) is 5.25. The van der Waals surface area contributed by atoms with Crippen molar-refractivity contribution in [3.05, 3.63) is 29.3 Å². The average molecular weight is 251 g/mol. The van der Waals surface area contributed by atoms with Gasteiger partial charge in [-0.3, -0.25) is 0 Å². The van der Waals surface area contributed by atoms with Gasteiger partial charge in [-0.2, -0.15) is 0 Å². The zero-order valence-electron chi connectivity index (χ0n) is 9.95. The largest absolute Gasteiger partial charge is 0.377 e. The second-order valence-electron chi connectivity index (χ2n) is 5.55. The van der Waals surface area contributed by atoms with Gasteiger partial charge in [0, 0.05) is 6.54 Å². The van der Waals surface area contributed by atoms with Crippen LogP contribution in [0.2, 0.25) is 5.02 Å². The van der Waals surface area contributed by atoms with E-state index in [1.807, 2.05) is 24.3 Å². The molecule has 0 aromatic heterocycles. The fourth-order valence-electron chi connectivity index (χ4n) is 3.73. The molecule has 1 aromatic rings. The molecule has 0 aliphatic heterocycles. The topological polar surface area (TPSA) is 38.0 Å². The van der Waals surface area contributed by atoms with Crippen LogP contribution in [0.4, 0.5) is 5.69 Å². The number of hydrogen-bond donors (Lipinski definition) is 2. The molecule has 3 atom stereocenters. The highest BCUT2D eigenvalue weighted by Gasteiger charge is 2.50. The Morgan fingerprint density at radius 1 is 1.35 bits per heavy atom. The maximum absolute atomic E-state index is 6.22. The van der Waals surface area contributed by atoms with E-state index < -0.39 is 0 Å². The maximum Gasteiger partial charge on any atom is 0.0637 e. The first-order valence-electron chi connectivity index (χ1n) is 6.46. The standard InChI is InChI=1S/C14H19ClN2/c15-12-3-1-2-4-13(12)17-14(9-16)8-10-5-6-11(14)7-10/h1-4,10-11,17H,5-9,16H2. The third-order valence-corrected chi connectivity index (χ3v) is 4.93. The first kappa shape index (κ1) is 11.4. The summed E-state index contributed by atoms with van der Waals surface area (Å²) >= 11 is 6.22. The van der Waals surface area contributed by atoms with Gasteiger partial charge >= 0.3 is 0 Å². The molecule has 3 unspecified atom stereocenters. The normalized spacial score (nSPS) is 35.2. The van der Waals surface area contributed by atoms with E-state index in [1.165, 1.54) is 25.7 Å². The lowest BCUT2D eigenvalue weighted by Gasteiger charge is -2.38. The fraction of sp³-hybridized carbons (Fsp3) is 0.571. The Bertz CT molecular complexity index is 420. The van der Waals surface area contributed by atoms with Crippen LogP contribution in [0.3, 0.4) is 0 Å². The van der Waals surface area contributed by atoms with Crippen molar-refractivity contribution in [1.29, 1.82) is 0 Å². The van der Waals surface area contributed by atoms with Gasteiger partial charge < -0.3 is 11.1 Å². The summed E-state index contributed by atoms with van der Waals surface area (Å²) in [5.74, 6) is 1.60. The van der Waals surface area contributed by atoms with Gasteiger partial charge in [-0.1, -0.05) is 23.7 Å². The zero-order valence-corrected chi connectivity index (χ0v) is 10.7. The fourth-order valence-corrected chi connectivity index (χ4v) is 3.91. The number of anilines is 1. The van der Waals surface area contributed by atoms with Gasteiger partial charge in [0.15, 0.2) is 0 Å². The van der Waals surface area contributed by atoms with Crippen molar-refractivity contribution in [1.82, 2.24) is 0 Å². The predicted octanol–water partition coefficient (Wildman–Crippen LogP) is 3.27. The molecule has 0 radical (unpaired) electrons. The lowest BCUT2D eigenvalue weighted by molar-refractivity contribution is 0.306. The predicted molar refractivity (Wildman–Crippen MR) is 72.3 cm³/mol. The summed E-state index contributed by atoms with van der Waals surface area (Å²) in [4.78, 5) is 0. The summed E-state index contributed by atoms with van der Waals surface area (Å²) in [5, 5.41) is 4.44. The highest BCUT2D eigenvalue weighted by molar-refractivity contribution is 6.33. The van der Waals surface area contributed by atoms with Crippen molar-refractivity contribution in [3.8, 4) is 0 Å². The van der Waals surface area contributed by atoms with E-state index in [2.05, 4.69) is 5.32 Å². The van der Waals surface area contributed by atoms with Crippen LogP contribution in [0.5, 0.6) is 0 Å². The molecular formula is C14H19ClN2. The molecule has 2 aliphatic rings. The van der Waals surface area contributed by atoms with Crippen molar-refractivity contribution < 1.29 is 0 Å². The number of rotatable bonds is 3. The van der Waals surface area contributed by atoms with Gasteiger partial charge in [0.25, 0.3) is 0 Å². The van der Waals surface area contributed by atoms with Crippen LogP contribution in [0, 0.1) is 11.8 Å². The number of para-hydroxylation sites is 1. The highest BCUT2D eigenvalue weighted by atomic mass is 35.5. The van der Waals surface area contributed by atoms with Crippen molar-refractivity contribution >= 4 is 17.3 Å². The highest BCUT2D eigenvalue weighted by Crippen LogP contribution is 2.51. The summed E-state index contributed by atoms with van der Waals surface area (Å²) in [7, 11) is 0. The molecule has 0 saturated heterocycles. The second kappa shape index (κ2) is 4.18. The minimum absolute atomic E-state index is 0.0912.